The third-order valence-electron chi connectivity index (χ3n) is 1.39. The highest BCUT2D eigenvalue weighted by Gasteiger charge is 2.01. The Kier molecular flexibility index (Phi) is 1.79. The van der Waals surface area contributed by atoms with Gasteiger partial charge < -0.3 is 0 Å². The number of hydrogen-bond donors (Lipinski definition) is 1. The first-order chi connectivity index (χ1) is 3.84. The summed E-state index contributed by atoms with van der Waals surface area (Å²) in [4.78, 5) is 1.17. The lowest BCUT2D eigenvalue weighted by Gasteiger charge is -1.94. The summed E-state index contributed by atoms with van der Waals surface area (Å²) in [5.41, 5.74) is 1.40. The molecule has 0 spiro atoms. The van der Waals surface area contributed by atoms with Crippen LogP contribution in [0, 0.1) is 0 Å². The minimum atomic E-state index is 1.09. The standard InChI is InChI=1S/C7H10S/c1-2-6-4-3-5-7(6)8/h4-5,8H,2-3H2,1H3. The van der Waals surface area contributed by atoms with Crippen LogP contribution >= 0.6 is 12.6 Å². The molecule has 44 valence electrons. The normalized spacial score (nSPS) is 18.2. The summed E-state index contributed by atoms with van der Waals surface area (Å²) in [6.07, 6.45) is 6.57. The zero-order valence-electron chi connectivity index (χ0n) is 5.02. The van der Waals surface area contributed by atoms with Crippen LogP contribution in [-0.2, 0) is 0 Å². The van der Waals surface area contributed by atoms with Gasteiger partial charge in [-0.25, -0.2) is 0 Å². The third-order valence-corrected chi connectivity index (χ3v) is 1.86. The molecule has 0 atom stereocenters. The van der Waals surface area contributed by atoms with Gasteiger partial charge in [-0.15, -0.1) is 12.6 Å². The lowest BCUT2D eigenvalue weighted by atomic mass is 10.2. The molecule has 0 N–H and O–H groups in total. The lowest BCUT2D eigenvalue weighted by Crippen LogP contribution is -1.72. The fraction of sp³-hybridized carbons (Fsp3) is 0.429. The van der Waals surface area contributed by atoms with Crippen molar-refractivity contribution in [1.29, 1.82) is 0 Å². The Morgan fingerprint density at radius 1 is 1.62 bits per heavy atom. The Balaban J connectivity index is 2.66. The molecule has 0 fully saturated rings. The maximum atomic E-state index is 4.26. The van der Waals surface area contributed by atoms with Crippen molar-refractivity contribution in [2.24, 2.45) is 0 Å². The fourth-order valence-corrected chi connectivity index (χ4v) is 1.23. The van der Waals surface area contributed by atoms with Crippen molar-refractivity contribution in [2.75, 3.05) is 0 Å². The Morgan fingerprint density at radius 2 is 2.38 bits per heavy atom. The second kappa shape index (κ2) is 2.40. The minimum Gasteiger partial charge on any atom is -0.143 e. The van der Waals surface area contributed by atoms with Crippen LogP contribution in [0.4, 0.5) is 0 Å². The molecule has 0 saturated heterocycles. The number of rotatable bonds is 1. The van der Waals surface area contributed by atoms with Gasteiger partial charge in [-0.1, -0.05) is 19.1 Å². The van der Waals surface area contributed by atoms with Gasteiger partial charge >= 0.3 is 0 Å². The third kappa shape index (κ3) is 0.972. The van der Waals surface area contributed by atoms with Gasteiger partial charge in [0.1, 0.15) is 0 Å². The predicted octanol–water partition coefficient (Wildman–Crippen LogP) is 2.54. The van der Waals surface area contributed by atoms with Gasteiger partial charge in [0.15, 0.2) is 0 Å². The highest BCUT2D eigenvalue weighted by Crippen LogP contribution is 2.23. The van der Waals surface area contributed by atoms with E-state index >= 15 is 0 Å². The van der Waals surface area contributed by atoms with Crippen molar-refractivity contribution in [2.45, 2.75) is 19.8 Å². The van der Waals surface area contributed by atoms with Gasteiger partial charge in [0.05, 0.1) is 0 Å². The van der Waals surface area contributed by atoms with E-state index in [2.05, 4.69) is 31.7 Å². The molecule has 0 aromatic carbocycles. The molecule has 0 heterocycles. The molecule has 0 bridgehead atoms. The van der Waals surface area contributed by atoms with Crippen LogP contribution in [0.25, 0.3) is 0 Å². The highest BCUT2D eigenvalue weighted by molar-refractivity contribution is 7.84. The number of hydrogen-bond acceptors (Lipinski definition) is 1. The van der Waals surface area contributed by atoms with Crippen molar-refractivity contribution >= 4 is 12.6 Å². The van der Waals surface area contributed by atoms with E-state index in [9.17, 15) is 0 Å². The molecular weight excluding hydrogens is 116 g/mol. The van der Waals surface area contributed by atoms with Crippen molar-refractivity contribution in [3.63, 3.8) is 0 Å². The Bertz CT molecular complexity index is 142. The average molecular weight is 126 g/mol. The monoisotopic (exact) mass is 126 g/mol. The summed E-state index contributed by atoms with van der Waals surface area (Å²) in [6, 6.07) is 0. The smallest absolute Gasteiger partial charge is 0.00320 e. The molecule has 0 amide bonds. The van der Waals surface area contributed by atoms with Gasteiger partial charge in [0, 0.05) is 4.91 Å². The van der Waals surface area contributed by atoms with E-state index in [1.165, 1.54) is 10.5 Å². The highest BCUT2D eigenvalue weighted by atomic mass is 32.1. The van der Waals surface area contributed by atoms with E-state index in [4.69, 9.17) is 0 Å². The Labute approximate surface area is 55.7 Å². The van der Waals surface area contributed by atoms with Crippen molar-refractivity contribution < 1.29 is 0 Å². The van der Waals surface area contributed by atoms with Crippen LogP contribution in [0.2, 0.25) is 0 Å². The SMILES string of the molecule is CCC1=CCC=C1S. The first kappa shape index (κ1) is 5.96. The molecule has 0 aromatic heterocycles. The first-order valence-corrected chi connectivity index (χ1v) is 3.38. The molecule has 0 unspecified atom stereocenters. The zero-order valence-corrected chi connectivity index (χ0v) is 5.91. The van der Waals surface area contributed by atoms with Crippen LogP contribution in [0.1, 0.15) is 19.8 Å². The van der Waals surface area contributed by atoms with Crippen molar-refractivity contribution in [3.05, 3.63) is 22.6 Å². The molecule has 0 nitrogen and oxygen atoms in total. The molecule has 0 aromatic rings. The number of thiol groups is 1. The average Bonchev–Trinajstić information content (AvgIpc) is 2.14. The Morgan fingerprint density at radius 3 is 2.62 bits per heavy atom. The minimum absolute atomic E-state index is 1.09. The van der Waals surface area contributed by atoms with Crippen LogP contribution in [0.5, 0.6) is 0 Å². The molecule has 1 aliphatic rings. The largest absolute Gasteiger partial charge is 0.143 e. The summed E-state index contributed by atoms with van der Waals surface area (Å²) in [5.74, 6) is 0. The molecule has 1 rings (SSSR count). The van der Waals surface area contributed by atoms with Gasteiger partial charge in [-0.3, -0.25) is 0 Å². The van der Waals surface area contributed by atoms with E-state index in [0.29, 0.717) is 0 Å². The van der Waals surface area contributed by atoms with E-state index in [-0.39, 0.29) is 0 Å². The van der Waals surface area contributed by atoms with E-state index in [1.807, 2.05) is 0 Å². The molecular formula is C7H10S. The maximum absolute atomic E-state index is 4.26. The molecule has 0 radical (unpaired) electrons. The first-order valence-electron chi connectivity index (χ1n) is 2.93. The van der Waals surface area contributed by atoms with Gasteiger partial charge in [-0.2, -0.15) is 0 Å². The summed E-state index contributed by atoms with van der Waals surface area (Å²) in [7, 11) is 0. The summed E-state index contributed by atoms with van der Waals surface area (Å²) < 4.78 is 0. The quantitative estimate of drug-likeness (QED) is 0.513. The Hall–Kier alpha value is -0.170. The molecule has 0 aliphatic heterocycles. The maximum Gasteiger partial charge on any atom is 0.00320 e. The molecule has 1 aliphatic carbocycles. The topological polar surface area (TPSA) is 0 Å². The van der Waals surface area contributed by atoms with Crippen LogP contribution in [0.15, 0.2) is 22.6 Å². The van der Waals surface area contributed by atoms with Crippen LogP contribution in [0.3, 0.4) is 0 Å². The van der Waals surface area contributed by atoms with E-state index < -0.39 is 0 Å². The van der Waals surface area contributed by atoms with E-state index in [1.54, 1.807) is 0 Å². The summed E-state index contributed by atoms with van der Waals surface area (Å²) in [6.45, 7) is 2.15. The lowest BCUT2D eigenvalue weighted by molar-refractivity contribution is 1.15. The van der Waals surface area contributed by atoms with Gasteiger partial charge in [0.2, 0.25) is 0 Å². The second-order valence-corrected chi connectivity index (χ2v) is 2.39. The zero-order chi connectivity index (χ0) is 5.98. The fourth-order valence-electron chi connectivity index (χ4n) is 0.874. The summed E-state index contributed by atoms with van der Waals surface area (Å²) in [5, 5.41) is 0. The molecule has 8 heavy (non-hydrogen) atoms. The van der Waals surface area contributed by atoms with Crippen LogP contribution in [-0.4, -0.2) is 0 Å². The van der Waals surface area contributed by atoms with E-state index in [0.717, 1.165) is 12.8 Å². The van der Waals surface area contributed by atoms with Crippen molar-refractivity contribution in [1.82, 2.24) is 0 Å². The number of allylic oxidation sites excluding steroid dienone is 3. The van der Waals surface area contributed by atoms with Crippen molar-refractivity contribution in [3.8, 4) is 0 Å². The summed E-state index contributed by atoms with van der Waals surface area (Å²) >= 11 is 4.26. The predicted molar refractivity (Wildman–Crippen MR) is 40.1 cm³/mol. The van der Waals surface area contributed by atoms with Crippen LogP contribution < -0.4 is 0 Å². The second-order valence-electron chi connectivity index (χ2n) is 1.91. The molecule has 1 heteroatoms. The van der Waals surface area contributed by atoms with Gasteiger partial charge in [0.25, 0.3) is 0 Å². The molecule has 0 saturated carbocycles. The van der Waals surface area contributed by atoms with Gasteiger partial charge in [-0.05, 0) is 18.4 Å².